The van der Waals surface area contributed by atoms with Crippen molar-refractivity contribution < 1.29 is 19.2 Å². The highest BCUT2D eigenvalue weighted by Crippen LogP contribution is 2.36. The Morgan fingerprint density at radius 2 is 2.32 bits per heavy atom. The van der Waals surface area contributed by atoms with Gasteiger partial charge in [-0.05, 0) is 31.4 Å². The van der Waals surface area contributed by atoms with Crippen LogP contribution in [0.5, 0.6) is 11.5 Å². The quantitative estimate of drug-likeness (QED) is 0.859. The van der Waals surface area contributed by atoms with E-state index in [0.29, 0.717) is 19.5 Å². The summed E-state index contributed by atoms with van der Waals surface area (Å²) in [6.07, 6.45) is 0.607. The molecule has 1 aromatic heterocycles. The zero-order valence-corrected chi connectivity index (χ0v) is 13.4. The zero-order chi connectivity index (χ0) is 15.5. The molecule has 0 saturated carbocycles. The lowest BCUT2D eigenvalue weighted by Gasteiger charge is -2.10. The van der Waals surface area contributed by atoms with Crippen molar-refractivity contribution in [1.29, 1.82) is 0 Å². The highest BCUT2D eigenvalue weighted by Gasteiger charge is 2.31. The van der Waals surface area contributed by atoms with E-state index in [9.17, 15) is 5.02 Å². The molecule has 1 aliphatic rings. The smallest absolute Gasteiger partial charge is 0.454 e. The van der Waals surface area contributed by atoms with Crippen LogP contribution in [0.3, 0.4) is 0 Å². The molecule has 0 spiro atoms. The van der Waals surface area contributed by atoms with Crippen molar-refractivity contribution in [3.8, 4) is 22.1 Å². The lowest BCUT2D eigenvalue weighted by Crippen LogP contribution is -2.07. The molecule has 5 nitrogen and oxygen atoms in total. The third-order valence-corrected chi connectivity index (χ3v) is 4.54. The van der Waals surface area contributed by atoms with Crippen LogP contribution in [0.1, 0.15) is 18.5 Å². The van der Waals surface area contributed by atoms with Crippen molar-refractivity contribution in [2.45, 2.75) is 19.2 Å². The van der Waals surface area contributed by atoms with Crippen LogP contribution in [0.4, 0.5) is 0 Å². The second-order valence-electron chi connectivity index (χ2n) is 5.10. The Hall–Kier alpha value is -1.57. The van der Waals surface area contributed by atoms with E-state index < -0.39 is 7.12 Å². The van der Waals surface area contributed by atoms with E-state index in [1.54, 1.807) is 18.4 Å². The average molecular weight is 319 g/mol. The maximum Gasteiger partial charge on any atom is 0.454 e. The molecule has 1 fully saturated rings. The standard InChI is InChI=1S/C15H18BNO4S/c1-3-20-14-6-10(4-5-13(14)19-2)15-17-12(9-22-15)11-7-16(18)21-8-11/h4-6,9,11,18H,3,7-8H2,1-2H3. The number of rotatable bonds is 5. The minimum absolute atomic E-state index is 0.171. The topological polar surface area (TPSA) is 60.8 Å². The summed E-state index contributed by atoms with van der Waals surface area (Å²) >= 11 is 1.59. The first-order valence-corrected chi connectivity index (χ1v) is 8.15. The van der Waals surface area contributed by atoms with Crippen LogP contribution in [-0.2, 0) is 4.65 Å². The number of thiazole rings is 1. The summed E-state index contributed by atoms with van der Waals surface area (Å²) in [5.41, 5.74) is 1.98. The van der Waals surface area contributed by atoms with Gasteiger partial charge in [0, 0.05) is 23.5 Å². The van der Waals surface area contributed by atoms with Crippen LogP contribution in [0.2, 0.25) is 6.32 Å². The van der Waals surface area contributed by atoms with Crippen molar-refractivity contribution in [2.24, 2.45) is 0 Å². The molecule has 0 aliphatic carbocycles. The molecule has 1 aromatic carbocycles. The lowest BCUT2D eigenvalue weighted by atomic mass is 9.81. The van der Waals surface area contributed by atoms with Crippen LogP contribution >= 0.6 is 11.3 Å². The Labute approximate surface area is 134 Å². The fourth-order valence-corrected chi connectivity index (χ4v) is 3.40. The predicted octanol–water partition coefficient (Wildman–Crippen LogP) is 2.81. The lowest BCUT2D eigenvalue weighted by molar-refractivity contribution is 0.291. The molecular formula is C15H18BNO4S. The normalized spacial score (nSPS) is 17.8. The number of ether oxygens (including phenoxy) is 2. The molecule has 3 rings (SSSR count). The van der Waals surface area contributed by atoms with Gasteiger partial charge in [-0.15, -0.1) is 11.3 Å². The molecule has 0 amide bonds. The van der Waals surface area contributed by atoms with Crippen molar-refractivity contribution in [1.82, 2.24) is 4.98 Å². The van der Waals surface area contributed by atoms with Gasteiger partial charge < -0.3 is 19.2 Å². The maximum absolute atomic E-state index is 9.46. The van der Waals surface area contributed by atoms with E-state index in [1.807, 2.05) is 30.5 Å². The third-order valence-electron chi connectivity index (χ3n) is 3.63. The van der Waals surface area contributed by atoms with Crippen LogP contribution in [0, 0.1) is 0 Å². The number of aromatic nitrogens is 1. The zero-order valence-electron chi connectivity index (χ0n) is 12.6. The van der Waals surface area contributed by atoms with E-state index in [0.717, 1.165) is 27.8 Å². The number of hydrogen-bond acceptors (Lipinski definition) is 6. The highest BCUT2D eigenvalue weighted by molar-refractivity contribution is 7.13. The number of benzene rings is 1. The Bertz CT molecular complexity index is 648. The molecule has 1 aliphatic heterocycles. The largest absolute Gasteiger partial charge is 0.493 e. The molecule has 2 heterocycles. The minimum atomic E-state index is -0.666. The Morgan fingerprint density at radius 3 is 3.00 bits per heavy atom. The fraction of sp³-hybridized carbons (Fsp3) is 0.400. The van der Waals surface area contributed by atoms with Crippen molar-refractivity contribution >= 4 is 18.5 Å². The summed E-state index contributed by atoms with van der Waals surface area (Å²) in [6.45, 7) is 3.05. The predicted molar refractivity (Wildman–Crippen MR) is 86.7 cm³/mol. The van der Waals surface area contributed by atoms with Gasteiger partial charge in [0.15, 0.2) is 11.5 Å². The van der Waals surface area contributed by atoms with Gasteiger partial charge in [0.05, 0.1) is 19.4 Å². The molecule has 0 bridgehead atoms. The van der Waals surface area contributed by atoms with Gasteiger partial charge >= 0.3 is 7.12 Å². The van der Waals surface area contributed by atoms with Crippen LogP contribution < -0.4 is 9.47 Å². The number of hydrogen-bond donors (Lipinski definition) is 1. The Balaban J connectivity index is 1.85. The molecular weight excluding hydrogens is 301 g/mol. The summed E-state index contributed by atoms with van der Waals surface area (Å²) in [5.74, 6) is 1.61. The molecule has 1 atom stereocenters. The second-order valence-corrected chi connectivity index (χ2v) is 5.95. The number of nitrogens with zero attached hydrogens (tertiary/aromatic N) is 1. The van der Waals surface area contributed by atoms with Crippen molar-refractivity contribution in [3.05, 3.63) is 29.3 Å². The van der Waals surface area contributed by atoms with Gasteiger partial charge in [0.25, 0.3) is 0 Å². The SMILES string of the molecule is CCOc1cc(-c2nc(C3COB(O)C3)cs2)ccc1OC. The first-order chi connectivity index (χ1) is 10.7. The first kappa shape index (κ1) is 15.3. The molecule has 22 heavy (non-hydrogen) atoms. The van der Waals surface area contributed by atoms with Crippen molar-refractivity contribution in [3.63, 3.8) is 0 Å². The monoisotopic (exact) mass is 319 g/mol. The Kier molecular flexibility index (Phi) is 4.66. The second kappa shape index (κ2) is 6.68. The maximum atomic E-state index is 9.46. The van der Waals surface area contributed by atoms with Crippen LogP contribution in [-0.4, -0.2) is 37.4 Å². The molecule has 1 saturated heterocycles. The van der Waals surface area contributed by atoms with Gasteiger partial charge in [-0.2, -0.15) is 0 Å². The summed E-state index contributed by atoms with van der Waals surface area (Å²) in [5, 5.41) is 12.4. The first-order valence-electron chi connectivity index (χ1n) is 7.27. The van der Waals surface area contributed by atoms with E-state index in [4.69, 9.17) is 14.1 Å². The summed E-state index contributed by atoms with van der Waals surface area (Å²) in [7, 11) is 0.963. The van der Waals surface area contributed by atoms with Gasteiger partial charge in [0.2, 0.25) is 0 Å². The number of methoxy groups -OCH3 is 1. The Morgan fingerprint density at radius 1 is 1.45 bits per heavy atom. The molecule has 0 radical (unpaired) electrons. The van der Waals surface area contributed by atoms with E-state index in [2.05, 4.69) is 4.98 Å². The third kappa shape index (κ3) is 3.11. The molecule has 1 unspecified atom stereocenters. The molecule has 1 N–H and O–H groups in total. The fourth-order valence-electron chi connectivity index (χ4n) is 2.50. The molecule has 2 aromatic rings. The van der Waals surface area contributed by atoms with Crippen LogP contribution in [0.25, 0.3) is 10.6 Å². The van der Waals surface area contributed by atoms with Gasteiger partial charge in [-0.1, -0.05) is 0 Å². The molecule has 7 heteroatoms. The van der Waals surface area contributed by atoms with E-state index in [1.165, 1.54) is 0 Å². The highest BCUT2D eigenvalue weighted by atomic mass is 32.1. The minimum Gasteiger partial charge on any atom is -0.493 e. The van der Waals surface area contributed by atoms with Crippen molar-refractivity contribution in [2.75, 3.05) is 20.3 Å². The van der Waals surface area contributed by atoms with E-state index in [-0.39, 0.29) is 5.92 Å². The summed E-state index contributed by atoms with van der Waals surface area (Å²) < 4.78 is 16.1. The molecule has 116 valence electrons. The van der Waals surface area contributed by atoms with E-state index >= 15 is 0 Å². The average Bonchev–Trinajstić information content (AvgIpc) is 3.16. The van der Waals surface area contributed by atoms with Gasteiger partial charge in [-0.3, -0.25) is 0 Å². The van der Waals surface area contributed by atoms with Gasteiger partial charge in [-0.25, -0.2) is 4.98 Å². The van der Waals surface area contributed by atoms with Crippen LogP contribution in [0.15, 0.2) is 23.6 Å². The summed E-state index contributed by atoms with van der Waals surface area (Å²) in [4.78, 5) is 4.68. The van der Waals surface area contributed by atoms with Gasteiger partial charge in [0.1, 0.15) is 5.01 Å². The summed E-state index contributed by atoms with van der Waals surface area (Å²) in [6, 6.07) is 5.82.